The third-order valence-corrected chi connectivity index (χ3v) is 6.31. The zero-order valence-electron chi connectivity index (χ0n) is 18.2. The van der Waals surface area contributed by atoms with Gasteiger partial charge in [-0.15, -0.1) is 0 Å². The summed E-state index contributed by atoms with van der Waals surface area (Å²) in [4.78, 5) is 16.4. The SMILES string of the molecule is COc1cccc(-c2nc(-c3ccccc3)n3c2CN(Cc2cnc(SC)nc2)CC3)c1. The summed E-state index contributed by atoms with van der Waals surface area (Å²) < 4.78 is 7.84. The molecular formula is C25H25N5OS. The number of fused-ring (bicyclic) bond motifs is 1. The fraction of sp³-hybridized carbons (Fsp3) is 0.240. The van der Waals surface area contributed by atoms with E-state index in [1.54, 1.807) is 18.9 Å². The van der Waals surface area contributed by atoms with Gasteiger partial charge in [-0.1, -0.05) is 54.2 Å². The number of aromatic nitrogens is 4. The lowest BCUT2D eigenvalue weighted by atomic mass is 10.1. The summed E-state index contributed by atoms with van der Waals surface area (Å²) >= 11 is 1.56. The summed E-state index contributed by atoms with van der Waals surface area (Å²) in [5.74, 6) is 1.86. The molecule has 0 bridgehead atoms. The maximum Gasteiger partial charge on any atom is 0.187 e. The second-order valence-electron chi connectivity index (χ2n) is 7.77. The Morgan fingerprint density at radius 1 is 0.969 bits per heavy atom. The summed E-state index contributed by atoms with van der Waals surface area (Å²) in [5, 5.41) is 0.804. The quantitative estimate of drug-likeness (QED) is 0.317. The standard InChI is InChI=1S/C25H25N5OS/c1-31-21-10-6-9-20(13-21)23-22-17-29(16-18-14-26-25(32-2)27-15-18)11-12-30(22)24(28-23)19-7-4-3-5-8-19/h3-10,13-15H,11-12,16-17H2,1-2H3. The van der Waals surface area contributed by atoms with Crippen molar-refractivity contribution in [2.75, 3.05) is 19.9 Å². The highest BCUT2D eigenvalue weighted by atomic mass is 32.2. The molecule has 7 heteroatoms. The number of hydrogen-bond acceptors (Lipinski definition) is 6. The van der Waals surface area contributed by atoms with Gasteiger partial charge < -0.3 is 9.30 Å². The molecule has 1 aliphatic rings. The maximum absolute atomic E-state index is 5.47. The van der Waals surface area contributed by atoms with Gasteiger partial charge in [0.25, 0.3) is 0 Å². The van der Waals surface area contributed by atoms with Gasteiger partial charge in [-0.05, 0) is 18.4 Å². The first-order valence-electron chi connectivity index (χ1n) is 10.6. The molecule has 162 valence electrons. The summed E-state index contributed by atoms with van der Waals surface area (Å²) in [6.45, 7) is 3.47. The van der Waals surface area contributed by atoms with E-state index in [4.69, 9.17) is 9.72 Å². The molecule has 0 unspecified atom stereocenters. The molecule has 3 heterocycles. The molecule has 0 aliphatic carbocycles. The molecule has 0 radical (unpaired) electrons. The Bertz CT molecular complexity index is 1210. The lowest BCUT2D eigenvalue weighted by molar-refractivity contribution is 0.214. The maximum atomic E-state index is 5.47. The zero-order valence-corrected chi connectivity index (χ0v) is 19.0. The van der Waals surface area contributed by atoms with Crippen LogP contribution in [0.3, 0.4) is 0 Å². The van der Waals surface area contributed by atoms with Crippen LogP contribution in [0, 0.1) is 0 Å². The highest BCUT2D eigenvalue weighted by Gasteiger charge is 2.25. The number of rotatable bonds is 6. The number of methoxy groups -OCH3 is 1. The topological polar surface area (TPSA) is 56.1 Å². The van der Waals surface area contributed by atoms with Crippen molar-refractivity contribution in [3.63, 3.8) is 0 Å². The third kappa shape index (κ3) is 4.13. The molecule has 5 rings (SSSR count). The lowest BCUT2D eigenvalue weighted by Gasteiger charge is -2.29. The molecule has 4 aromatic rings. The van der Waals surface area contributed by atoms with Crippen LogP contribution in [-0.4, -0.2) is 44.3 Å². The number of benzene rings is 2. The number of hydrogen-bond donors (Lipinski definition) is 0. The van der Waals surface area contributed by atoms with Crippen molar-refractivity contribution in [3.8, 4) is 28.4 Å². The van der Waals surface area contributed by atoms with Gasteiger partial charge in [0, 0.05) is 55.3 Å². The Morgan fingerprint density at radius 3 is 2.50 bits per heavy atom. The van der Waals surface area contributed by atoms with Crippen LogP contribution < -0.4 is 4.74 Å². The van der Waals surface area contributed by atoms with Gasteiger partial charge in [0.2, 0.25) is 0 Å². The Balaban J connectivity index is 1.51. The molecule has 0 saturated carbocycles. The number of thioether (sulfide) groups is 1. The van der Waals surface area contributed by atoms with Gasteiger partial charge in [0.05, 0.1) is 18.5 Å². The van der Waals surface area contributed by atoms with E-state index in [9.17, 15) is 0 Å². The molecule has 0 amide bonds. The first kappa shape index (κ1) is 20.7. The summed E-state index contributed by atoms with van der Waals surface area (Å²) in [5.41, 5.74) is 5.58. The number of nitrogens with zero attached hydrogens (tertiary/aromatic N) is 5. The van der Waals surface area contributed by atoms with Crippen molar-refractivity contribution in [1.29, 1.82) is 0 Å². The van der Waals surface area contributed by atoms with Crippen LogP contribution in [-0.2, 0) is 19.6 Å². The zero-order chi connectivity index (χ0) is 21.9. The molecule has 0 N–H and O–H groups in total. The summed E-state index contributed by atoms with van der Waals surface area (Å²) in [6, 6.07) is 18.6. The molecule has 1 aliphatic heterocycles. The van der Waals surface area contributed by atoms with Crippen LogP contribution in [0.2, 0.25) is 0 Å². The van der Waals surface area contributed by atoms with E-state index in [1.165, 1.54) is 5.69 Å². The van der Waals surface area contributed by atoms with E-state index < -0.39 is 0 Å². The fourth-order valence-corrected chi connectivity index (χ4v) is 4.47. The number of imidazole rings is 1. The Hall–Kier alpha value is -3.16. The largest absolute Gasteiger partial charge is 0.497 e. The van der Waals surface area contributed by atoms with Crippen molar-refractivity contribution in [3.05, 3.63) is 78.2 Å². The van der Waals surface area contributed by atoms with E-state index >= 15 is 0 Å². The van der Waals surface area contributed by atoms with Gasteiger partial charge in [0.1, 0.15) is 11.6 Å². The average Bonchev–Trinajstić information content (AvgIpc) is 3.24. The van der Waals surface area contributed by atoms with Crippen LogP contribution in [0.5, 0.6) is 5.75 Å². The van der Waals surface area contributed by atoms with Gasteiger partial charge >= 0.3 is 0 Å². The Morgan fingerprint density at radius 2 is 1.75 bits per heavy atom. The van der Waals surface area contributed by atoms with Crippen LogP contribution in [0.1, 0.15) is 11.3 Å². The molecule has 0 fully saturated rings. The van der Waals surface area contributed by atoms with E-state index in [0.717, 1.165) is 65.3 Å². The minimum atomic E-state index is 0.804. The minimum Gasteiger partial charge on any atom is -0.497 e. The van der Waals surface area contributed by atoms with Crippen molar-refractivity contribution in [2.45, 2.75) is 24.8 Å². The average molecular weight is 444 g/mol. The minimum absolute atomic E-state index is 0.804. The monoisotopic (exact) mass is 443 g/mol. The second kappa shape index (κ2) is 9.14. The summed E-state index contributed by atoms with van der Waals surface area (Å²) in [7, 11) is 1.70. The molecule has 32 heavy (non-hydrogen) atoms. The molecule has 0 spiro atoms. The third-order valence-electron chi connectivity index (χ3n) is 5.73. The van der Waals surface area contributed by atoms with Crippen LogP contribution in [0.4, 0.5) is 0 Å². The predicted octanol–water partition coefficient (Wildman–Crippen LogP) is 4.75. The van der Waals surface area contributed by atoms with Crippen LogP contribution in [0.15, 0.2) is 72.1 Å². The Kier molecular flexibility index (Phi) is 5.92. The smallest absolute Gasteiger partial charge is 0.187 e. The summed E-state index contributed by atoms with van der Waals surface area (Å²) in [6.07, 6.45) is 5.86. The second-order valence-corrected chi connectivity index (χ2v) is 8.54. The first-order chi connectivity index (χ1) is 15.7. The molecule has 2 aromatic carbocycles. The highest BCUT2D eigenvalue weighted by Crippen LogP contribution is 2.34. The van der Waals surface area contributed by atoms with Gasteiger partial charge in [-0.2, -0.15) is 0 Å². The highest BCUT2D eigenvalue weighted by molar-refractivity contribution is 7.98. The van der Waals surface area contributed by atoms with Gasteiger partial charge in [-0.25, -0.2) is 15.0 Å². The molecular weight excluding hydrogens is 418 g/mol. The van der Waals surface area contributed by atoms with E-state index in [2.05, 4.69) is 55.8 Å². The van der Waals surface area contributed by atoms with Gasteiger partial charge in [0.15, 0.2) is 5.16 Å². The van der Waals surface area contributed by atoms with Crippen LogP contribution >= 0.6 is 11.8 Å². The molecule has 0 atom stereocenters. The molecule has 6 nitrogen and oxygen atoms in total. The predicted molar refractivity (Wildman–Crippen MR) is 128 cm³/mol. The van der Waals surface area contributed by atoms with Crippen molar-refractivity contribution in [1.82, 2.24) is 24.4 Å². The van der Waals surface area contributed by atoms with Gasteiger partial charge in [-0.3, -0.25) is 4.90 Å². The van der Waals surface area contributed by atoms with Crippen molar-refractivity contribution in [2.24, 2.45) is 0 Å². The van der Waals surface area contributed by atoms with E-state index in [-0.39, 0.29) is 0 Å². The Labute approximate surface area is 192 Å². The first-order valence-corrected chi connectivity index (χ1v) is 11.8. The van der Waals surface area contributed by atoms with Crippen molar-refractivity contribution >= 4 is 11.8 Å². The number of ether oxygens (including phenoxy) is 1. The van der Waals surface area contributed by atoms with Crippen molar-refractivity contribution < 1.29 is 4.74 Å². The lowest BCUT2D eigenvalue weighted by Crippen LogP contribution is -2.33. The molecule has 2 aromatic heterocycles. The van der Waals surface area contributed by atoms with E-state index in [1.807, 2.05) is 36.8 Å². The fourth-order valence-electron chi connectivity index (χ4n) is 4.15. The molecule has 0 saturated heterocycles. The van der Waals surface area contributed by atoms with Crippen LogP contribution in [0.25, 0.3) is 22.6 Å². The normalized spacial score (nSPS) is 13.7. The van der Waals surface area contributed by atoms with E-state index in [0.29, 0.717) is 0 Å².